The van der Waals surface area contributed by atoms with Crippen LogP contribution in [0.1, 0.15) is 39.7 Å². The molecule has 12 heteroatoms. The monoisotopic (exact) mass is 528 g/mol. The van der Waals surface area contributed by atoms with Gasteiger partial charge in [-0.15, -0.1) is 0 Å². The summed E-state index contributed by atoms with van der Waals surface area (Å²) in [7, 11) is -3.78. The number of alkyl halides is 3. The molecule has 0 radical (unpaired) electrons. The number of nitrogens with one attached hydrogen (secondary N) is 2. The average molecular weight is 529 g/mol. The zero-order chi connectivity index (χ0) is 26.0. The Morgan fingerprint density at radius 2 is 1.74 bits per heavy atom. The van der Waals surface area contributed by atoms with Crippen molar-refractivity contribution < 1.29 is 26.4 Å². The summed E-state index contributed by atoms with van der Waals surface area (Å²) in [5.41, 5.74) is 4.32. The van der Waals surface area contributed by atoms with E-state index in [0.29, 0.717) is 17.5 Å². The molecule has 1 fully saturated rings. The predicted molar refractivity (Wildman–Crippen MR) is 131 cm³/mol. The van der Waals surface area contributed by atoms with E-state index in [4.69, 9.17) is 0 Å². The fraction of sp³-hybridized carbons (Fsp3) is 0.391. The van der Waals surface area contributed by atoms with Crippen molar-refractivity contribution in [3.8, 4) is 11.1 Å². The molecule has 190 valence electrons. The van der Waals surface area contributed by atoms with E-state index in [-0.39, 0.29) is 22.0 Å². The van der Waals surface area contributed by atoms with Crippen LogP contribution in [0.5, 0.6) is 0 Å². The van der Waals surface area contributed by atoms with E-state index < -0.39 is 27.6 Å². The third kappa shape index (κ3) is 7.06. The van der Waals surface area contributed by atoms with Crippen LogP contribution < -0.4 is 10.1 Å². The molecule has 0 aromatic heterocycles. The van der Waals surface area contributed by atoms with Gasteiger partial charge >= 0.3 is 12.1 Å². The molecule has 2 aromatic carbocycles. The van der Waals surface area contributed by atoms with Crippen molar-refractivity contribution >= 4 is 32.9 Å². The summed E-state index contributed by atoms with van der Waals surface area (Å²) in [5.74, 6) is -2.15. The number of thioether (sulfide) groups is 1. The summed E-state index contributed by atoms with van der Waals surface area (Å²) >= 11 is 1.06. The van der Waals surface area contributed by atoms with E-state index in [1.54, 1.807) is 63.2 Å². The predicted octanol–water partition coefficient (Wildman–Crippen LogP) is 4.66. The Bertz CT molecular complexity index is 1210. The second kappa shape index (κ2) is 10.3. The molecule has 1 amide bonds. The maximum absolute atomic E-state index is 12.9. The number of hydrogen-bond donors (Lipinski definition) is 2. The zero-order valence-electron chi connectivity index (χ0n) is 19.7. The number of amides is 1. The number of hydrogen-bond acceptors (Lipinski definition) is 5. The van der Waals surface area contributed by atoms with Crippen LogP contribution in [0.25, 0.3) is 11.1 Å². The Morgan fingerprint density at radius 3 is 2.31 bits per heavy atom. The van der Waals surface area contributed by atoms with Crippen molar-refractivity contribution in [3.63, 3.8) is 0 Å². The van der Waals surface area contributed by atoms with Crippen LogP contribution in [0.2, 0.25) is 0 Å². The fourth-order valence-electron chi connectivity index (χ4n) is 3.34. The summed E-state index contributed by atoms with van der Waals surface area (Å²) in [4.78, 5) is 14.8. The maximum Gasteiger partial charge on any atom is 0.473 e. The lowest BCUT2D eigenvalue weighted by Gasteiger charge is -2.22. The number of benzene rings is 2. The van der Waals surface area contributed by atoms with Crippen molar-refractivity contribution in [2.45, 2.75) is 62.6 Å². The van der Waals surface area contributed by atoms with Gasteiger partial charge in [-0.25, -0.2) is 18.6 Å². The number of halogens is 3. The molecule has 0 saturated carbocycles. The maximum atomic E-state index is 12.9. The summed E-state index contributed by atoms with van der Waals surface area (Å²) in [6.07, 6.45) is -4.42. The van der Waals surface area contributed by atoms with Crippen LogP contribution in [0.3, 0.4) is 0 Å². The first-order valence-corrected chi connectivity index (χ1v) is 13.2. The number of rotatable bonds is 6. The Labute approximate surface area is 207 Å². The van der Waals surface area contributed by atoms with Gasteiger partial charge in [-0.3, -0.25) is 9.80 Å². The van der Waals surface area contributed by atoms with E-state index in [9.17, 15) is 26.4 Å². The van der Waals surface area contributed by atoms with Crippen molar-refractivity contribution in [1.29, 1.82) is 0 Å². The highest BCUT2D eigenvalue weighted by atomic mass is 32.2. The first-order chi connectivity index (χ1) is 16.2. The van der Waals surface area contributed by atoms with Crippen LogP contribution in [-0.4, -0.2) is 41.6 Å². The van der Waals surface area contributed by atoms with Gasteiger partial charge in [0.2, 0.25) is 10.0 Å². The molecular weight excluding hydrogens is 501 g/mol. The molecule has 0 aliphatic carbocycles. The minimum atomic E-state index is -5.04. The summed E-state index contributed by atoms with van der Waals surface area (Å²) < 4.78 is 66.6. The van der Waals surface area contributed by atoms with E-state index in [0.717, 1.165) is 17.3 Å². The molecule has 1 aliphatic heterocycles. The lowest BCUT2D eigenvalue weighted by atomic mass is 10.0. The van der Waals surface area contributed by atoms with Gasteiger partial charge in [0.1, 0.15) is 0 Å². The number of carbonyl (C=O) groups excluding carboxylic acids is 1. The molecule has 1 unspecified atom stereocenters. The quantitative estimate of drug-likeness (QED) is 0.567. The number of nitrogens with zero attached hydrogens (tertiary/aromatic N) is 2. The largest absolute Gasteiger partial charge is 0.473 e. The van der Waals surface area contributed by atoms with Gasteiger partial charge in [-0.2, -0.15) is 18.2 Å². The van der Waals surface area contributed by atoms with Gasteiger partial charge < -0.3 is 0 Å². The molecule has 2 N–H and O–H groups in total. The number of sulfonamides is 1. The lowest BCUT2D eigenvalue weighted by molar-refractivity contribution is -0.169. The van der Waals surface area contributed by atoms with Gasteiger partial charge in [0.15, 0.2) is 5.17 Å². The normalized spacial score (nSPS) is 18.3. The molecular formula is C23H27F3N4O3S2. The minimum absolute atomic E-state index is 0.0482. The van der Waals surface area contributed by atoms with Gasteiger partial charge in [0.05, 0.1) is 16.8 Å². The Kier molecular flexibility index (Phi) is 7.99. The average Bonchev–Trinajstić information content (AvgIpc) is 3.13. The van der Waals surface area contributed by atoms with Crippen molar-refractivity contribution in [1.82, 2.24) is 15.2 Å². The molecule has 35 heavy (non-hydrogen) atoms. The number of aliphatic imine (C=N–C) groups is 1. The zero-order valence-corrected chi connectivity index (χ0v) is 21.3. The Hall–Kier alpha value is -2.41. The number of hydrazine groups is 1. The van der Waals surface area contributed by atoms with Gasteiger partial charge in [-0.1, -0.05) is 61.2 Å². The van der Waals surface area contributed by atoms with E-state index >= 15 is 0 Å². The SMILES string of the molecule is CCC1NN(Cc2ccc(-c3ccccc3S(=O)(=O)NC(C)(C)C)cc2)C(=NC(=O)C(F)(F)F)S1. The van der Waals surface area contributed by atoms with E-state index in [1.807, 2.05) is 6.92 Å². The first-order valence-electron chi connectivity index (χ1n) is 10.8. The van der Waals surface area contributed by atoms with Crippen LogP contribution in [-0.2, 0) is 21.4 Å². The van der Waals surface area contributed by atoms with Crippen LogP contribution in [0.4, 0.5) is 13.2 Å². The molecule has 1 aliphatic rings. The summed E-state index contributed by atoms with van der Waals surface area (Å²) in [6.45, 7) is 7.31. The second-order valence-electron chi connectivity index (χ2n) is 8.98. The molecule has 1 saturated heterocycles. The third-order valence-corrected chi connectivity index (χ3v) is 7.87. The van der Waals surface area contributed by atoms with E-state index in [2.05, 4.69) is 15.1 Å². The van der Waals surface area contributed by atoms with Gasteiger partial charge in [0.25, 0.3) is 0 Å². The van der Waals surface area contributed by atoms with Crippen LogP contribution >= 0.6 is 11.8 Å². The molecule has 0 spiro atoms. The molecule has 2 aromatic rings. The Morgan fingerprint density at radius 1 is 1.11 bits per heavy atom. The number of amidine groups is 1. The highest BCUT2D eigenvalue weighted by Crippen LogP contribution is 2.30. The molecule has 0 bridgehead atoms. The third-order valence-electron chi connectivity index (χ3n) is 4.81. The van der Waals surface area contributed by atoms with E-state index in [1.165, 1.54) is 11.1 Å². The molecule has 7 nitrogen and oxygen atoms in total. The highest BCUT2D eigenvalue weighted by molar-refractivity contribution is 8.14. The fourth-order valence-corrected chi connectivity index (χ4v) is 5.97. The number of carbonyl (C=O) groups is 1. The van der Waals surface area contributed by atoms with Crippen molar-refractivity contribution in [3.05, 3.63) is 54.1 Å². The molecule has 3 rings (SSSR count). The molecule has 1 heterocycles. The van der Waals surface area contributed by atoms with Crippen LogP contribution in [0.15, 0.2) is 58.4 Å². The summed E-state index contributed by atoms with van der Waals surface area (Å²) in [5, 5.41) is 1.16. The summed E-state index contributed by atoms with van der Waals surface area (Å²) in [6, 6.07) is 13.7. The van der Waals surface area contributed by atoms with Gasteiger partial charge in [-0.05, 0) is 44.4 Å². The van der Waals surface area contributed by atoms with Crippen molar-refractivity contribution in [2.75, 3.05) is 0 Å². The lowest BCUT2D eigenvalue weighted by Crippen LogP contribution is -2.40. The standard InChI is InChI=1S/C23H27F3N4O3S2/c1-5-19-28-30(21(34-19)27-20(31)23(24,25)26)14-15-10-12-16(13-11-15)17-8-6-7-9-18(17)35(32,33)29-22(2,3)4/h6-13,19,28-29H,5,14H2,1-4H3. The van der Waals surface area contributed by atoms with Gasteiger partial charge in [0, 0.05) is 11.1 Å². The highest BCUT2D eigenvalue weighted by Gasteiger charge is 2.40. The van der Waals surface area contributed by atoms with Crippen molar-refractivity contribution in [2.24, 2.45) is 4.99 Å². The molecule has 1 atom stereocenters. The topological polar surface area (TPSA) is 90.9 Å². The minimum Gasteiger partial charge on any atom is -0.281 e. The second-order valence-corrected chi connectivity index (χ2v) is 11.8. The van der Waals surface area contributed by atoms with Crippen LogP contribution in [0, 0.1) is 0 Å². The smallest absolute Gasteiger partial charge is 0.281 e. The first kappa shape index (κ1) is 27.2. The Balaban J connectivity index is 1.85.